The van der Waals surface area contributed by atoms with Crippen LogP contribution in [0.2, 0.25) is 0 Å². The molecule has 0 amide bonds. The molecule has 2 aromatic rings. The third-order valence-corrected chi connectivity index (χ3v) is 2.94. The number of nitrogens with zero attached hydrogens (tertiary/aromatic N) is 1. The summed E-state index contributed by atoms with van der Waals surface area (Å²) >= 11 is 3.17. The summed E-state index contributed by atoms with van der Waals surface area (Å²) in [5, 5.41) is 11.3. The molecular weight excluding hydrogens is 334 g/mol. The molecule has 0 aliphatic carbocycles. The van der Waals surface area contributed by atoms with E-state index in [1.165, 1.54) is 30.3 Å². The quantitative estimate of drug-likeness (QED) is 0.387. The van der Waals surface area contributed by atoms with Crippen LogP contribution in [0, 0.1) is 11.6 Å². The summed E-state index contributed by atoms with van der Waals surface area (Å²) in [7, 11) is 0. The summed E-state index contributed by atoms with van der Waals surface area (Å²) < 4.78 is 33.1. The average Bonchev–Trinajstić information content (AvgIpc) is 2.44. The van der Waals surface area contributed by atoms with E-state index in [-0.39, 0.29) is 22.9 Å². The van der Waals surface area contributed by atoms with Crippen LogP contribution in [0.4, 0.5) is 8.78 Å². The molecule has 20 heavy (non-hydrogen) atoms. The molecule has 0 aliphatic rings. The maximum atomic E-state index is 13.8. The molecular formula is C13H9BrF2N2O2. The number of oxime groups is 1. The van der Waals surface area contributed by atoms with Crippen LogP contribution in [0.25, 0.3) is 0 Å². The van der Waals surface area contributed by atoms with Gasteiger partial charge in [0.05, 0.1) is 0 Å². The lowest BCUT2D eigenvalue weighted by atomic mass is 10.2. The van der Waals surface area contributed by atoms with Crippen LogP contribution in [-0.4, -0.2) is 11.0 Å². The van der Waals surface area contributed by atoms with Crippen molar-refractivity contribution >= 4 is 21.8 Å². The predicted molar refractivity (Wildman–Crippen MR) is 73.1 cm³/mol. The van der Waals surface area contributed by atoms with Gasteiger partial charge in [-0.25, -0.2) is 8.78 Å². The van der Waals surface area contributed by atoms with Crippen LogP contribution in [0.3, 0.4) is 0 Å². The minimum absolute atomic E-state index is 0.116. The number of nitrogens with two attached hydrogens (primary N) is 1. The lowest BCUT2D eigenvalue weighted by Crippen LogP contribution is -2.13. The predicted octanol–water partition coefficient (Wildman–Crippen LogP) is 3.61. The highest BCUT2D eigenvalue weighted by atomic mass is 79.9. The fraction of sp³-hybridized carbons (Fsp3) is 0. The second kappa shape index (κ2) is 5.87. The van der Waals surface area contributed by atoms with Gasteiger partial charge in [0, 0.05) is 10.0 Å². The maximum absolute atomic E-state index is 13.8. The molecule has 0 heterocycles. The summed E-state index contributed by atoms with van der Waals surface area (Å²) in [5.41, 5.74) is 5.52. The number of amidine groups is 1. The summed E-state index contributed by atoms with van der Waals surface area (Å²) in [6, 6.07) is 7.76. The zero-order chi connectivity index (χ0) is 14.7. The molecule has 0 radical (unpaired) electrons. The van der Waals surface area contributed by atoms with E-state index in [4.69, 9.17) is 15.7 Å². The molecule has 0 spiro atoms. The zero-order valence-corrected chi connectivity index (χ0v) is 11.6. The zero-order valence-electron chi connectivity index (χ0n) is 9.98. The van der Waals surface area contributed by atoms with Gasteiger partial charge in [0.25, 0.3) is 0 Å². The normalized spacial score (nSPS) is 11.4. The molecule has 0 aromatic heterocycles. The number of rotatable bonds is 3. The molecule has 0 saturated carbocycles. The summed E-state index contributed by atoms with van der Waals surface area (Å²) in [6.07, 6.45) is 0. The Labute approximate surface area is 121 Å². The topological polar surface area (TPSA) is 67.8 Å². The Morgan fingerprint density at radius 3 is 2.50 bits per heavy atom. The molecule has 0 unspecified atom stereocenters. The first-order chi connectivity index (χ1) is 9.51. The summed E-state index contributed by atoms with van der Waals surface area (Å²) in [5.74, 6) is -1.89. The highest BCUT2D eigenvalue weighted by molar-refractivity contribution is 9.10. The number of hydrogen-bond donors (Lipinski definition) is 2. The second-order valence-electron chi connectivity index (χ2n) is 3.81. The van der Waals surface area contributed by atoms with E-state index in [0.29, 0.717) is 4.47 Å². The number of benzene rings is 2. The Bertz CT molecular complexity index is 677. The standard InChI is InChI=1S/C13H9BrF2N2O2/c14-8-2-3-9(15)12(6-8)20-11-4-1-7(5-10(11)16)13(17)18-19/h1-6,19H,(H2,17,18). The molecule has 4 nitrogen and oxygen atoms in total. The van der Waals surface area contributed by atoms with E-state index in [1.807, 2.05) is 0 Å². The van der Waals surface area contributed by atoms with Crippen molar-refractivity contribution in [3.05, 3.63) is 58.1 Å². The van der Waals surface area contributed by atoms with Crippen LogP contribution in [0.1, 0.15) is 5.56 Å². The Balaban J connectivity index is 2.33. The Kier molecular flexibility index (Phi) is 4.19. The van der Waals surface area contributed by atoms with Crippen molar-refractivity contribution in [2.24, 2.45) is 10.9 Å². The molecule has 0 bridgehead atoms. The molecule has 0 aliphatic heterocycles. The van der Waals surface area contributed by atoms with E-state index in [0.717, 1.165) is 6.07 Å². The van der Waals surface area contributed by atoms with Crippen molar-refractivity contribution in [2.45, 2.75) is 0 Å². The molecule has 2 aromatic carbocycles. The third kappa shape index (κ3) is 3.05. The fourth-order valence-electron chi connectivity index (χ4n) is 1.47. The van der Waals surface area contributed by atoms with E-state index >= 15 is 0 Å². The first kappa shape index (κ1) is 14.3. The number of ether oxygens (including phenoxy) is 1. The van der Waals surface area contributed by atoms with E-state index in [9.17, 15) is 8.78 Å². The lowest BCUT2D eigenvalue weighted by Gasteiger charge is -2.09. The Hall–Kier alpha value is -2.15. The van der Waals surface area contributed by atoms with E-state index in [2.05, 4.69) is 21.1 Å². The highest BCUT2D eigenvalue weighted by Crippen LogP contribution is 2.29. The van der Waals surface area contributed by atoms with Crippen molar-refractivity contribution in [1.82, 2.24) is 0 Å². The molecule has 3 N–H and O–H groups in total. The van der Waals surface area contributed by atoms with Crippen molar-refractivity contribution in [3.8, 4) is 11.5 Å². The van der Waals surface area contributed by atoms with Gasteiger partial charge in [-0.05, 0) is 36.4 Å². The Morgan fingerprint density at radius 1 is 1.10 bits per heavy atom. The minimum atomic E-state index is -0.756. The fourth-order valence-corrected chi connectivity index (χ4v) is 1.81. The van der Waals surface area contributed by atoms with Gasteiger partial charge in [0.2, 0.25) is 0 Å². The molecule has 7 heteroatoms. The van der Waals surface area contributed by atoms with Crippen molar-refractivity contribution < 1.29 is 18.7 Å². The van der Waals surface area contributed by atoms with Gasteiger partial charge in [-0.15, -0.1) is 0 Å². The van der Waals surface area contributed by atoms with Gasteiger partial charge >= 0.3 is 0 Å². The first-order valence-electron chi connectivity index (χ1n) is 5.41. The van der Waals surface area contributed by atoms with Gasteiger partial charge in [0.1, 0.15) is 0 Å². The van der Waals surface area contributed by atoms with Crippen LogP contribution >= 0.6 is 15.9 Å². The first-order valence-corrected chi connectivity index (χ1v) is 6.21. The smallest absolute Gasteiger partial charge is 0.170 e. The SMILES string of the molecule is N/C(=N/O)c1ccc(Oc2cc(Br)ccc2F)c(F)c1. The Morgan fingerprint density at radius 2 is 1.85 bits per heavy atom. The van der Waals surface area contributed by atoms with Gasteiger partial charge in [0.15, 0.2) is 29.0 Å². The van der Waals surface area contributed by atoms with Crippen molar-refractivity contribution in [3.63, 3.8) is 0 Å². The van der Waals surface area contributed by atoms with Crippen molar-refractivity contribution in [1.29, 1.82) is 0 Å². The second-order valence-corrected chi connectivity index (χ2v) is 4.72. The van der Waals surface area contributed by atoms with Gasteiger partial charge in [-0.2, -0.15) is 0 Å². The maximum Gasteiger partial charge on any atom is 0.170 e. The molecule has 104 valence electrons. The largest absolute Gasteiger partial charge is 0.451 e. The van der Waals surface area contributed by atoms with Crippen LogP contribution in [0.5, 0.6) is 11.5 Å². The van der Waals surface area contributed by atoms with Gasteiger partial charge < -0.3 is 15.7 Å². The summed E-state index contributed by atoms with van der Waals surface area (Å²) in [6.45, 7) is 0. The summed E-state index contributed by atoms with van der Waals surface area (Å²) in [4.78, 5) is 0. The van der Waals surface area contributed by atoms with Gasteiger partial charge in [-0.1, -0.05) is 21.1 Å². The number of halogens is 3. The molecule has 0 saturated heterocycles. The van der Waals surface area contributed by atoms with Crippen LogP contribution < -0.4 is 10.5 Å². The minimum Gasteiger partial charge on any atom is -0.451 e. The number of hydrogen-bond acceptors (Lipinski definition) is 3. The lowest BCUT2D eigenvalue weighted by molar-refractivity contribution is 0.318. The third-order valence-electron chi connectivity index (χ3n) is 2.45. The average molecular weight is 343 g/mol. The van der Waals surface area contributed by atoms with Gasteiger partial charge in [-0.3, -0.25) is 0 Å². The monoisotopic (exact) mass is 342 g/mol. The van der Waals surface area contributed by atoms with Crippen LogP contribution in [-0.2, 0) is 0 Å². The molecule has 0 fully saturated rings. The van der Waals surface area contributed by atoms with E-state index in [1.54, 1.807) is 0 Å². The van der Waals surface area contributed by atoms with E-state index < -0.39 is 11.6 Å². The van der Waals surface area contributed by atoms with Crippen LogP contribution in [0.15, 0.2) is 46.0 Å². The van der Waals surface area contributed by atoms with Crippen molar-refractivity contribution in [2.75, 3.05) is 0 Å². The molecule has 2 rings (SSSR count). The highest BCUT2D eigenvalue weighted by Gasteiger charge is 2.11. The molecule has 0 atom stereocenters.